The summed E-state index contributed by atoms with van der Waals surface area (Å²) < 4.78 is 0. The molecule has 0 fully saturated rings. The molecule has 2 aliphatic heterocycles. The van der Waals surface area contributed by atoms with Gasteiger partial charge >= 0.3 is 5.97 Å². The van der Waals surface area contributed by atoms with Crippen molar-refractivity contribution in [3.05, 3.63) is 69.8 Å². The van der Waals surface area contributed by atoms with Crippen molar-refractivity contribution in [1.29, 1.82) is 0 Å². The zero-order valence-corrected chi connectivity index (χ0v) is 24.3. The number of carbonyl (C=O) groups excluding carboxylic acids is 4. The summed E-state index contributed by atoms with van der Waals surface area (Å²) in [5.41, 5.74) is 3.77. The number of hydrogen-bond acceptors (Lipinski definition) is 5. The second-order valence-electron chi connectivity index (χ2n) is 11.9. The third kappa shape index (κ3) is 3.72. The highest BCUT2D eigenvalue weighted by atomic mass is 16.4. The van der Waals surface area contributed by atoms with Crippen molar-refractivity contribution in [1.82, 2.24) is 9.80 Å². The van der Waals surface area contributed by atoms with Crippen LogP contribution in [-0.4, -0.2) is 58.1 Å². The van der Waals surface area contributed by atoms with Crippen LogP contribution in [0.25, 0.3) is 43.1 Å². The second kappa shape index (κ2) is 9.59. The normalized spacial score (nSPS) is 14.9. The number of aliphatic carboxylic acids is 1. The molecule has 4 amide bonds. The van der Waals surface area contributed by atoms with Crippen molar-refractivity contribution in [2.24, 2.45) is 0 Å². The van der Waals surface area contributed by atoms with Gasteiger partial charge in [0.25, 0.3) is 23.6 Å². The number of carboxylic acids is 1. The monoisotopic (exact) mass is 574 g/mol. The minimum atomic E-state index is -0.796. The van der Waals surface area contributed by atoms with Gasteiger partial charge in [0.1, 0.15) is 0 Å². The standard InChI is InChI=1S/C35H30N2O6/c1-17-15-23-28-21(32(40)36(3)33(23)41)12-10-19-27-18(2)16-24-29-22(13-11-20(31(27)29)26(17)30(19)28)34(42)37(35(24)43)14-8-6-4-5-7-9-25(38)39/h10-13,15-16H,4-9,14H2,1-3H3,(H,38,39). The van der Waals surface area contributed by atoms with Gasteiger partial charge in [0.05, 0.1) is 0 Å². The average Bonchev–Trinajstić information content (AvgIpc) is 2.98. The highest BCUT2D eigenvalue weighted by Crippen LogP contribution is 2.48. The first kappa shape index (κ1) is 27.0. The van der Waals surface area contributed by atoms with Crippen molar-refractivity contribution in [2.45, 2.75) is 52.4 Å². The average molecular weight is 575 g/mol. The number of nitrogens with zero attached hydrogens (tertiary/aromatic N) is 2. The lowest BCUT2D eigenvalue weighted by Gasteiger charge is -2.30. The fourth-order valence-corrected chi connectivity index (χ4v) is 7.32. The Hall–Kier alpha value is -4.85. The number of unbranched alkanes of at least 4 members (excludes halogenated alkanes) is 4. The van der Waals surface area contributed by atoms with Gasteiger partial charge in [-0.2, -0.15) is 0 Å². The van der Waals surface area contributed by atoms with Gasteiger partial charge in [0.15, 0.2) is 0 Å². The molecule has 2 aliphatic rings. The fraction of sp³-hybridized carbons (Fsp3) is 0.286. The zero-order chi connectivity index (χ0) is 30.3. The Morgan fingerprint density at radius 2 is 1.07 bits per heavy atom. The van der Waals surface area contributed by atoms with Crippen molar-refractivity contribution >= 4 is 72.7 Å². The molecule has 7 rings (SSSR count). The number of amides is 4. The van der Waals surface area contributed by atoms with Crippen LogP contribution in [0.1, 0.15) is 91.1 Å². The summed E-state index contributed by atoms with van der Waals surface area (Å²) in [5, 5.41) is 15.5. The third-order valence-corrected chi connectivity index (χ3v) is 9.29. The predicted molar refractivity (Wildman–Crippen MR) is 164 cm³/mol. The van der Waals surface area contributed by atoms with E-state index in [1.54, 1.807) is 12.1 Å². The molecule has 0 aliphatic carbocycles. The smallest absolute Gasteiger partial charge is 0.303 e. The maximum absolute atomic E-state index is 13.8. The number of fused-ring (bicyclic) bond motifs is 2. The van der Waals surface area contributed by atoms with Crippen molar-refractivity contribution in [3.8, 4) is 0 Å². The number of imide groups is 2. The molecule has 2 heterocycles. The Morgan fingerprint density at radius 1 is 0.605 bits per heavy atom. The Kier molecular flexibility index (Phi) is 6.02. The van der Waals surface area contributed by atoms with Crippen molar-refractivity contribution < 1.29 is 29.1 Å². The topological polar surface area (TPSA) is 112 Å². The maximum atomic E-state index is 13.8. The molecule has 8 nitrogen and oxygen atoms in total. The van der Waals surface area contributed by atoms with E-state index < -0.39 is 5.97 Å². The zero-order valence-electron chi connectivity index (χ0n) is 24.3. The van der Waals surface area contributed by atoms with Crippen LogP contribution in [0.5, 0.6) is 0 Å². The van der Waals surface area contributed by atoms with Gasteiger partial charge in [0, 0.05) is 53.0 Å². The molecule has 1 N–H and O–H groups in total. The van der Waals surface area contributed by atoms with Gasteiger partial charge in [-0.15, -0.1) is 0 Å². The third-order valence-electron chi connectivity index (χ3n) is 9.29. The Balaban J connectivity index is 1.38. The molecule has 0 aromatic heterocycles. The fourth-order valence-electron chi connectivity index (χ4n) is 7.32. The SMILES string of the molecule is Cc1cc2c3c(ccc4c5c(C)cc6c7c(ccc(c1c34)c75)C(=O)N(CCCCCCCC(=O)O)C6=O)C(=O)N(C)C2=O. The highest BCUT2D eigenvalue weighted by molar-refractivity contribution is 6.42. The summed E-state index contributed by atoms with van der Waals surface area (Å²) in [6, 6.07) is 11.2. The van der Waals surface area contributed by atoms with E-state index in [0.29, 0.717) is 52.4 Å². The highest BCUT2D eigenvalue weighted by Gasteiger charge is 2.36. The summed E-state index contributed by atoms with van der Waals surface area (Å²) in [6.07, 6.45) is 3.89. The summed E-state index contributed by atoms with van der Waals surface area (Å²) in [4.78, 5) is 67.2. The molecule has 0 atom stereocenters. The molecule has 5 aromatic rings. The first-order valence-electron chi connectivity index (χ1n) is 14.7. The van der Waals surface area contributed by atoms with Gasteiger partial charge in [0.2, 0.25) is 0 Å². The van der Waals surface area contributed by atoms with Gasteiger partial charge in [-0.25, -0.2) is 0 Å². The number of carbonyl (C=O) groups is 5. The van der Waals surface area contributed by atoms with Crippen LogP contribution in [0.2, 0.25) is 0 Å². The summed E-state index contributed by atoms with van der Waals surface area (Å²) >= 11 is 0. The molecule has 8 heteroatoms. The minimum absolute atomic E-state index is 0.154. The number of carboxylic acid groups (broad SMARTS) is 1. The van der Waals surface area contributed by atoms with Crippen LogP contribution < -0.4 is 0 Å². The summed E-state index contributed by atoms with van der Waals surface area (Å²) in [6.45, 7) is 4.23. The van der Waals surface area contributed by atoms with Crippen LogP contribution in [0.4, 0.5) is 0 Å². The molecular formula is C35H30N2O6. The van der Waals surface area contributed by atoms with Crippen LogP contribution in [0.3, 0.4) is 0 Å². The van der Waals surface area contributed by atoms with E-state index in [1.807, 2.05) is 38.1 Å². The van der Waals surface area contributed by atoms with Crippen LogP contribution >= 0.6 is 0 Å². The van der Waals surface area contributed by atoms with Gasteiger partial charge in [-0.3, -0.25) is 33.8 Å². The van der Waals surface area contributed by atoms with E-state index in [-0.39, 0.29) is 30.0 Å². The van der Waals surface area contributed by atoms with E-state index in [4.69, 9.17) is 5.11 Å². The van der Waals surface area contributed by atoms with E-state index in [2.05, 4.69) is 0 Å². The van der Waals surface area contributed by atoms with E-state index in [9.17, 15) is 24.0 Å². The molecule has 43 heavy (non-hydrogen) atoms. The molecular weight excluding hydrogens is 544 g/mol. The first-order valence-corrected chi connectivity index (χ1v) is 14.7. The lowest BCUT2D eigenvalue weighted by molar-refractivity contribution is -0.137. The van der Waals surface area contributed by atoms with E-state index >= 15 is 0 Å². The lowest BCUT2D eigenvalue weighted by atomic mass is 9.79. The lowest BCUT2D eigenvalue weighted by Crippen LogP contribution is -2.41. The molecule has 0 saturated carbocycles. The number of aryl methyl sites for hydroxylation is 2. The molecule has 0 saturated heterocycles. The number of hydrogen-bond donors (Lipinski definition) is 1. The Bertz CT molecular complexity index is 2110. The van der Waals surface area contributed by atoms with Gasteiger partial charge in [-0.05, 0) is 94.4 Å². The molecule has 0 radical (unpaired) electrons. The van der Waals surface area contributed by atoms with Crippen molar-refractivity contribution in [3.63, 3.8) is 0 Å². The van der Waals surface area contributed by atoms with Crippen LogP contribution in [0.15, 0.2) is 36.4 Å². The number of benzene rings is 5. The predicted octanol–water partition coefficient (Wildman–Crippen LogP) is 6.60. The van der Waals surface area contributed by atoms with Crippen LogP contribution in [-0.2, 0) is 4.79 Å². The molecule has 216 valence electrons. The molecule has 0 bridgehead atoms. The quantitative estimate of drug-likeness (QED) is 0.0967. The number of rotatable bonds is 8. The van der Waals surface area contributed by atoms with Crippen molar-refractivity contribution in [2.75, 3.05) is 13.6 Å². The summed E-state index contributed by atoms with van der Waals surface area (Å²) in [5.74, 6) is -2.06. The molecule has 0 spiro atoms. The minimum Gasteiger partial charge on any atom is -0.481 e. The van der Waals surface area contributed by atoms with E-state index in [0.717, 1.165) is 67.6 Å². The second-order valence-corrected chi connectivity index (χ2v) is 11.9. The Labute approximate surface area is 247 Å². The first-order chi connectivity index (χ1) is 20.6. The van der Waals surface area contributed by atoms with Gasteiger partial charge < -0.3 is 5.11 Å². The largest absolute Gasteiger partial charge is 0.481 e. The van der Waals surface area contributed by atoms with E-state index in [1.165, 1.54) is 11.9 Å². The van der Waals surface area contributed by atoms with Gasteiger partial charge in [-0.1, -0.05) is 31.4 Å². The summed E-state index contributed by atoms with van der Waals surface area (Å²) in [7, 11) is 1.50. The molecule has 5 aromatic carbocycles. The maximum Gasteiger partial charge on any atom is 0.303 e. The molecule has 0 unspecified atom stereocenters. The van der Waals surface area contributed by atoms with Crippen LogP contribution in [0, 0.1) is 13.8 Å². The Morgan fingerprint density at radius 3 is 1.65 bits per heavy atom.